The van der Waals surface area contributed by atoms with Crippen molar-refractivity contribution in [1.82, 2.24) is 5.32 Å². The van der Waals surface area contributed by atoms with E-state index in [0.29, 0.717) is 17.9 Å². The van der Waals surface area contributed by atoms with Gasteiger partial charge in [-0.3, -0.25) is 4.79 Å². The van der Waals surface area contributed by atoms with Crippen LogP contribution in [-0.2, 0) is 10.2 Å². The van der Waals surface area contributed by atoms with Gasteiger partial charge < -0.3 is 10.1 Å². The van der Waals surface area contributed by atoms with E-state index in [-0.39, 0.29) is 11.3 Å². The molecule has 4 nitrogen and oxygen atoms in total. The zero-order valence-corrected chi connectivity index (χ0v) is 14.4. The summed E-state index contributed by atoms with van der Waals surface area (Å²) in [7, 11) is 0. The molecule has 2 aromatic rings. The predicted octanol–water partition coefficient (Wildman–Crippen LogP) is 3.56. The first-order valence-electron chi connectivity index (χ1n) is 8.63. The molecule has 1 amide bonds. The van der Waals surface area contributed by atoms with Crippen molar-refractivity contribution in [3.63, 3.8) is 0 Å². The largest absolute Gasteiger partial charge is 0.481 e. The minimum absolute atomic E-state index is 0.0606. The number of benzene rings is 2. The molecule has 1 aliphatic carbocycles. The molecule has 128 valence electrons. The molecule has 1 atom stereocenters. The maximum atomic E-state index is 12.4. The van der Waals surface area contributed by atoms with Crippen LogP contribution in [0.3, 0.4) is 0 Å². The second-order valence-electron chi connectivity index (χ2n) is 6.61. The van der Waals surface area contributed by atoms with Crippen LogP contribution in [0.1, 0.15) is 37.3 Å². The van der Waals surface area contributed by atoms with E-state index < -0.39 is 6.10 Å². The fourth-order valence-electron chi connectivity index (χ4n) is 3.23. The normalized spacial score (nSPS) is 16.2. The molecule has 0 saturated heterocycles. The Balaban J connectivity index is 1.57. The molecule has 3 rings (SSSR count). The molecule has 0 spiro atoms. The number of carbonyl (C=O) groups is 1. The third-order valence-corrected chi connectivity index (χ3v) is 4.96. The zero-order chi connectivity index (χ0) is 17.7. The van der Waals surface area contributed by atoms with Crippen LogP contribution in [0.5, 0.6) is 5.75 Å². The number of hydrogen-bond acceptors (Lipinski definition) is 3. The second kappa shape index (κ2) is 7.40. The Labute approximate surface area is 148 Å². The van der Waals surface area contributed by atoms with E-state index in [4.69, 9.17) is 10.00 Å². The summed E-state index contributed by atoms with van der Waals surface area (Å²) in [6, 6.07) is 19.2. The Bertz CT molecular complexity index is 759. The standard InChI is InChI=1S/C21H22N2O2/c1-16(25-19-10-8-17(14-22)9-11-19)20(24)23-15-21(12-5-13-21)18-6-3-2-4-7-18/h2-4,6-11,16H,5,12-13,15H2,1H3,(H,23,24). The Kier molecular flexibility index (Phi) is 5.04. The summed E-state index contributed by atoms with van der Waals surface area (Å²) in [4.78, 5) is 12.4. The maximum absolute atomic E-state index is 12.4. The van der Waals surface area contributed by atoms with Crippen molar-refractivity contribution in [3.05, 3.63) is 65.7 Å². The number of carbonyl (C=O) groups excluding carboxylic acids is 1. The number of nitriles is 1. The van der Waals surface area contributed by atoms with Crippen LogP contribution in [0.25, 0.3) is 0 Å². The number of rotatable bonds is 6. The molecule has 1 unspecified atom stereocenters. The second-order valence-corrected chi connectivity index (χ2v) is 6.61. The van der Waals surface area contributed by atoms with E-state index in [1.807, 2.05) is 18.2 Å². The quantitative estimate of drug-likeness (QED) is 0.878. The number of amides is 1. The molecule has 0 aliphatic heterocycles. The van der Waals surface area contributed by atoms with Gasteiger partial charge >= 0.3 is 0 Å². The molecular formula is C21H22N2O2. The van der Waals surface area contributed by atoms with Crippen molar-refractivity contribution in [2.24, 2.45) is 0 Å². The average molecular weight is 334 g/mol. The monoisotopic (exact) mass is 334 g/mol. The summed E-state index contributed by atoms with van der Waals surface area (Å²) < 4.78 is 5.68. The number of nitrogens with one attached hydrogen (secondary N) is 1. The van der Waals surface area contributed by atoms with Crippen LogP contribution in [0.2, 0.25) is 0 Å². The van der Waals surface area contributed by atoms with Gasteiger partial charge in [-0.2, -0.15) is 5.26 Å². The van der Waals surface area contributed by atoms with Crippen LogP contribution in [0, 0.1) is 11.3 Å². The molecule has 0 heterocycles. The molecule has 0 aromatic heterocycles. The highest BCUT2D eigenvalue weighted by Gasteiger charge is 2.39. The third-order valence-electron chi connectivity index (χ3n) is 4.96. The van der Waals surface area contributed by atoms with Gasteiger partial charge in [0.2, 0.25) is 0 Å². The van der Waals surface area contributed by atoms with Gasteiger partial charge in [-0.15, -0.1) is 0 Å². The minimum Gasteiger partial charge on any atom is -0.481 e. The Morgan fingerprint density at radius 1 is 1.20 bits per heavy atom. The zero-order valence-electron chi connectivity index (χ0n) is 14.4. The van der Waals surface area contributed by atoms with Crippen molar-refractivity contribution in [2.75, 3.05) is 6.54 Å². The van der Waals surface area contributed by atoms with Gasteiger partial charge in [0.1, 0.15) is 5.75 Å². The summed E-state index contributed by atoms with van der Waals surface area (Å²) >= 11 is 0. The van der Waals surface area contributed by atoms with Crippen molar-refractivity contribution >= 4 is 5.91 Å². The lowest BCUT2D eigenvalue weighted by Gasteiger charge is -2.42. The Morgan fingerprint density at radius 2 is 1.88 bits per heavy atom. The van der Waals surface area contributed by atoms with Crippen LogP contribution >= 0.6 is 0 Å². The topological polar surface area (TPSA) is 62.1 Å². The number of nitrogens with zero attached hydrogens (tertiary/aromatic N) is 1. The minimum atomic E-state index is -0.583. The van der Waals surface area contributed by atoms with Crippen molar-refractivity contribution in [3.8, 4) is 11.8 Å². The van der Waals surface area contributed by atoms with E-state index in [1.165, 1.54) is 12.0 Å². The third kappa shape index (κ3) is 3.83. The van der Waals surface area contributed by atoms with Gasteiger partial charge in [-0.05, 0) is 49.6 Å². The molecule has 2 aromatic carbocycles. The fraction of sp³-hybridized carbons (Fsp3) is 0.333. The highest BCUT2D eigenvalue weighted by molar-refractivity contribution is 5.80. The van der Waals surface area contributed by atoms with Crippen LogP contribution < -0.4 is 10.1 Å². The first-order valence-corrected chi connectivity index (χ1v) is 8.63. The van der Waals surface area contributed by atoms with Gasteiger partial charge in [0, 0.05) is 12.0 Å². The summed E-state index contributed by atoms with van der Waals surface area (Å²) in [5.74, 6) is 0.467. The van der Waals surface area contributed by atoms with E-state index in [0.717, 1.165) is 12.8 Å². The molecular weight excluding hydrogens is 312 g/mol. The molecule has 1 saturated carbocycles. The van der Waals surface area contributed by atoms with Crippen LogP contribution in [0.15, 0.2) is 54.6 Å². The molecule has 25 heavy (non-hydrogen) atoms. The molecule has 4 heteroatoms. The molecule has 1 N–H and O–H groups in total. The Morgan fingerprint density at radius 3 is 2.44 bits per heavy atom. The van der Waals surface area contributed by atoms with E-state index in [2.05, 4.69) is 23.5 Å². The summed E-state index contributed by atoms with van der Waals surface area (Å²) in [6.45, 7) is 2.38. The van der Waals surface area contributed by atoms with E-state index >= 15 is 0 Å². The van der Waals surface area contributed by atoms with Crippen molar-refractivity contribution < 1.29 is 9.53 Å². The van der Waals surface area contributed by atoms with Crippen LogP contribution in [0.4, 0.5) is 0 Å². The molecule has 1 fully saturated rings. The SMILES string of the molecule is CC(Oc1ccc(C#N)cc1)C(=O)NCC1(c2ccccc2)CCC1. The van der Waals surface area contributed by atoms with Crippen LogP contribution in [-0.4, -0.2) is 18.6 Å². The van der Waals surface area contributed by atoms with Gasteiger partial charge in [0.05, 0.1) is 11.6 Å². The Hall–Kier alpha value is -2.80. The fourth-order valence-corrected chi connectivity index (χ4v) is 3.23. The lowest BCUT2D eigenvalue weighted by molar-refractivity contribution is -0.127. The van der Waals surface area contributed by atoms with E-state index in [9.17, 15) is 4.79 Å². The molecule has 1 aliphatic rings. The smallest absolute Gasteiger partial charge is 0.260 e. The van der Waals surface area contributed by atoms with Gasteiger partial charge in [0.25, 0.3) is 5.91 Å². The number of ether oxygens (including phenoxy) is 1. The first kappa shape index (κ1) is 17.0. The summed E-state index contributed by atoms with van der Waals surface area (Å²) in [5, 5.41) is 11.9. The predicted molar refractivity (Wildman–Crippen MR) is 96.2 cm³/mol. The van der Waals surface area contributed by atoms with Gasteiger partial charge in [0.15, 0.2) is 6.10 Å². The van der Waals surface area contributed by atoms with Gasteiger partial charge in [-0.1, -0.05) is 36.8 Å². The molecule has 0 radical (unpaired) electrons. The average Bonchev–Trinajstić information content (AvgIpc) is 2.62. The van der Waals surface area contributed by atoms with E-state index in [1.54, 1.807) is 31.2 Å². The summed E-state index contributed by atoms with van der Waals surface area (Å²) in [5.41, 5.74) is 1.92. The summed E-state index contributed by atoms with van der Waals surface area (Å²) in [6.07, 6.45) is 2.81. The highest BCUT2D eigenvalue weighted by Crippen LogP contribution is 2.43. The lowest BCUT2D eigenvalue weighted by atomic mass is 9.64. The van der Waals surface area contributed by atoms with Gasteiger partial charge in [-0.25, -0.2) is 0 Å². The maximum Gasteiger partial charge on any atom is 0.260 e. The number of hydrogen-bond donors (Lipinski definition) is 1. The first-order chi connectivity index (χ1) is 12.1. The highest BCUT2D eigenvalue weighted by atomic mass is 16.5. The van der Waals surface area contributed by atoms with Crippen molar-refractivity contribution in [2.45, 2.75) is 37.7 Å². The molecule has 0 bridgehead atoms. The lowest BCUT2D eigenvalue weighted by Crippen LogP contribution is -2.48. The van der Waals surface area contributed by atoms with Crippen molar-refractivity contribution in [1.29, 1.82) is 5.26 Å².